The van der Waals surface area contributed by atoms with Crippen molar-refractivity contribution in [2.75, 3.05) is 0 Å². The van der Waals surface area contributed by atoms with Gasteiger partial charge in [-0.15, -0.1) is 11.3 Å². The second-order valence-corrected chi connectivity index (χ2v) is 7.13. The molecule has 0 aliphatic carbocycles. The summed E-state index contributed by atoms with van der Waals surface area (Å²) in [5.41, 5.74) is 0.518. The van der Waals surface area contributed by atoms with E-state index in [1.54, 1.807) is 40.4 Å². The molecule has 0 N–H and O–H groups in total. The molecule has 0 unspecified atom stereocenters. The minimum atomic E-state index is -0.119. The lowest BCUT2D eigenvalue weighted by Crippen LogP contribution is -2.20. The van der Waals surface area contributed by atoms with Crippen molar-refractivity contribution in [2.24, 2.45) is 0 Å². The number of hydrogen-bond donors (Lipinski definition) is 0. The first-order valence-corrected chi connectivity index (χ1v) is 8.51. The Morgan fingerprint density at radius 2 is 1.91 bits per heavy atom. The molecule has 6 heteroatoms. The highest BCUT2D eigenvalue weighted by Gasteiger charge is 2.12. The van der Waals surface area contributed by atoms with Crippen LogP contribution >= 0.6 is 34.5 Å². The Morgan fingerprint density at radius 3 is 2.74 bits per heavy atom. The number of nitrogens with zero attached hydrogens (tertiary/aromatic N) is 2. The summed E-state index contributed by atoms with van der Waals surface area (Å²) < 4.78 is 2.67. The zero-order valence-corrected chi connectivity index (χ0v) is 14.1. The molecule has 4 aromatic rings. The topological polar surface area (TPSA) is 34.9 Å². The van der Waals surface area contributed by atoms with Gasteiger partial charge in [0.2, 0.25) is 0 Å². The summed E-state index contributed by atoms with van der Waals surface area (Å²) in [5.74, 6) is 0. The minimum absolute atomic E-state index is 0.119. The van der Waals surface area contributed by atoms with E-state index in [2.05, 4.69) is 4.98 Å². The van der Waals surface area contributed by atoms with Crippen LogP contribution in [0.5, 0.6) is 0 Å². The van der Waals surface area contributed by atoms with Crippen LogP contribution in [0.15, 0.2) is 53.6 Å². The molecule has 0 aliphatic heterocycles. The van der Waals surface area contributed by atoms with Crippen LogP contribution in [-0.4, -0.2) is 9.55 Å². The molecule has 2 heterocycles. The van der Waals surface area contributed by atoms with Gasteiger partial charge >= 0.3 is 0 Å². The average molecular weight is 361 g/mol. The molecule has 0 amide bonds. The minimum Gasteiger partial charge on any atom is -0.293 e. The van der Waals surface area contributed by atoms with Gasteiger partial charge in [0, 0.05) is 20.0 Å². The molecule has 0 aliphatic rings. The second kappa shape index (κ2) is 5.64. The summed E-state index contributed by atoms with van der Waals surface area (Å²) in [6, 6.07) is 13.1. The van der Waals surface area contributed by atoms with Crippen LogP contribution in [0.25, 0.3) is 21.0 Å². The fraction of sp³-hybridized carbons (Fsp3) is 0.0588. The van der Waals surface area contributed by atoms with E-state index in [9.17, 15) is 4.79 Å². The van der Waals surface area contributed by atoms with Gasteiger partial charge in [-0.2, -0.15) is 0 Å². The predicted octanol–water partition coefficient (Wildman–Crippen LogP) is 4.97. The van der Waals surface area contributed by atoms with E-state index in [1.165, 1.54) is 0 Å². The van der Waals surface area contributed by atoms with Crippen molar-refractivity contribution in [3.8, 4) is 0 Å². The maximum absolute atomic E-state index is 12.6. The lowest BCUT2D eigenvalue weighted by Gasteiger charge is -2.06. The van der Waals surface area contributed by atoms with Crippen LogP contribution < -0.4 is 5.56 Å². The number of halogens is 2. The molecule has 2 aromatic heterocycles. The monoisotopic (exact) mass is 360 g/mol. The van der Waals surface area contributed by atoms with Gasteiger partial charge in [-0.1, -0.05) is 41.4 Å². The number of rotatable bonds is 2. The zero-order chi connectivity index (χ0) is 16.0. The molecular formula is C17H10Cl2N2OS. The third-order valence-electron chi connectivity index (χ3n) is 3.70. The number of aromatic nitrogens is 2. The Balaban J connectivity index is 1.84. The van der Waals surface area contributed by atoms with Crippen molar-refractivity contribution >= 4 is 55.5 Å². The number of thiophene rings is 1. The fourth-order valence-corrected chi connectivity index (χ4v) is 4.23. The van der Waals surface area contributed by atoms with Crippen molar-refractivity contribution < 1.29 is 0 Å². The normalized spacial score (nSPS) is 11.4. The Bertz CT molecular complexity index is 1100. The molecule has 114 valence electrons. The molecule has 23 heavy (non-hydrogen) atoms. The van der Waals surface area contributed by atoms with Gasteiger partial charge in [0.15, 0.2) is 0 Å². The molecule has 0 fully saturated rings. The smallest absolute Gasteiger partial charge is 0.261 e. The number of benzene rings is 2. The molecule has 0 bridgehead atoms. The van der Waals surface area contributed by atoms with Crippen molar-refractivity contribution in [3.05, 3.63) is 74.1 Å². The molecule has 0 spiro atoms. The van der Waals surface area contributed by atoms with E-state index in [-0.39, 0.29) is 5.56 Å². The van der Waals surface area contributed by atoms with Gasteiger partial charge in [0.25, 0.3) is 5.56 Å². The van der Waals surface area contributed by atoms with E-state index in [1.807, 2.05) is 24.3 Å². The first kappa shape index (κ1) is 14.7. The lowest BCUT2D eigenvalue weighted by molar-refractivity contribution is 0.758. The number of hydrogen-bond acceptors (Lipinski definition) is 3. The standard InChI is InChI=1S/C17H10Cl2N2OS/c18-10-5-6-13-12(7-10)17(22)21(9-20-13)8-15-16(19)11-3-1-2-4-14(11)23-15/h1-7,9H,8H2. The second-order valence-electron chi connectivity index (χ2n) is 5.17. The molecular weight excluding hydrogens is 351 g/mol. The van der Waals surface area contributed by atoms with Crippen molar-refractivity contribution in [1.82, 2.24) is 9.55 Å². The third kappa shape index (κ3) is 2.53. The molecule has 3 nitrogen and oxygen atoms in total. The lowest BCUT2D eigenvalue weighted by atomic mass is 10.2. The van der Waals surface area contributed by atoms with E-state index in [0.717, 1.165) is 15.0 Å². The molecule has 0 saturated carbocycles. The molecule has 4 rings (SSSR count). The third-order valence-corrected chi connectivity index (χ3v) is 5.64. The first-order valence-electron chi connectivity index (χ1n) is 6.94. The highest BCUT2D eigenvalue weighted by atomic mass is 35.5. The van der Waals surface area contributed by atoms with E-state index in [0.29, 0.717) is 27.5 Å². The molecule has 2 aromatic carbocycles. The Labute approximate surface area is 145 Å². The van der Waals surface area contributed by atoms with Gasteiger partial charge < -0.3 is 0 Å². The molecule has 0 radical (unpaired) electrons. The average Bonchev–Trinajstić information content (AvgIpc) is 2.87. The zero-order valence-electron chi connectivity index (χ0n) is 11.8. The highest BCUT2D eigenvalue weighted by Crippen LogP contribution is 2.35. The molecule has 0 saturated heterocycles. The van der Waals surface area contributed by atoms with Crippen molar-refractivity contribution in [2.45, 2.75) is 6.54 Å². The van der Waals surface area contributed by atoms with Crippen molar-refractivity contribution in [3.63, 3.8) is 0 Å². The summed E-state index contributed by atoms with van der Waals surface area (Å²) in [7, 11) is 0. The summed E-state index contributed by atoms with van der Waals surface area (Å²) in [6.45, 7) is 0.395. The summed E-state index contributed by atoms with van der Waals surface area (Å²) in [4.78, 5) is 17.9. The summed E-state index contributed by atoms with van der Waals surface area (Å²) in [5, 5.41) is 2.74. The SMILES string of the molecule is O=c1c2cc(Cl)ccc2ncn1Cc1sc2ccccc2c1Cl. The van der Waals surface area contributed by atoms with Crippen LogP contribution in [0.4, 0.5) is 0 Å². The van der Waals surface area contributed by atoms with E-state index >= 15 is 0 Å². The van der Waals surface area contributed by atoms with Gasteiger partial charge in [0.1, 0.15) is 0 Å². The largest absolute Gasteiger partial charge is 0.293 e. The van der Waals surface area contributed by atoms with E-state index < -0.39 is 0 Å². The van der Waals surface area contributed by atoms with Gasteiger partial charge in [-0.25, -0.2) is 4.98 Å². The fourth-order valence-electron chi connectivity index (χ4n) is 2.56. The van der Waals surface area contributed by atoms with Crippen LogP contribution in [0.3, 0.4) is 0 Å². The Kier molecular flexibility index (Phi) is 3.60. The van der Waals surface area contributed by atoms with Gasteiger partial charge in [0.05, 0.1) is 28.8 Å². The molecule has 0 atom stereocenters. The van der Waals surface area contributed by atoms with Crippen LogP contribution in [0, 0.1) is 0 Å². The maximum Gasteiger partial charge on any atom is 0.261 e. The summed E-state index contributed by atoms with van der Waals surface area (Å²) in [6.07, 6.45) is 1.55. The van der Waals surface area contributed by atoms with Crippen LogP contribution in [-0.2, 0) is 6.54 Å². The van der Waals surface area contributed by atoms with Crippen molar-refractivity contribution in [1.29, 1.82) is 0 Å². The number of fused-ring (bicyclic) bond motifs is 2. The van der Waals surface area contributed by atoms with E-state index in [4.69, 9.17) is 23.2 Å². The van der Waals surface area contributed by atoms with Crippen LogP contribution in [0.1, 0.15) is 4.88 Å². The maximum atomic E-state index is 12.6. The first-order chi connectivity index (χ1) is 11.1. The van der Waals surface area contributed by atoms with Gasteiger partial charge in [-0.05, 0) is 24.3 Å². The Morgan fingerprint density at radius 1 is 1.09 bits per heavy atom. The quantitative estimate of drug-likeness (QED) is 0.505. The summed E-state index contributed by atoms with van der Waals surface area (Å²) >= 11 is 14.0. The predicted molar refractivity (Wildman–Crippen MR) is 97.0 cm³/mol. The van der Waals surface area contributed by atoms with Gasteiger partial charge in [-0.3, -0.25) is 9.36 Å². The Hall–Kier alpha value is -1.88. The van der Waals surface area contributed by atoms with Crippen LogP contribution in [0.2, 0.25) is 10.0 Å². The highest BCUT2D eigenvalue weighted by molar-refractivity contribution is 7.19.